The molecule has 3 nitrogen and oxygen atoms in total. The van der Waals surface area contributed by atoms with Gasteiger partial charge in [0.25, 0.3) is 0 Å². The maximum absolute atomic E-state index is 9.08. The third kappa shape index (κ3) is 1.64. The Morgan fingerprint density at radius 1 is 1.22 bits per heavy atom. The van der Waals surface area contributed by atoms with E-state index < -0.39 is 6.10 Å². The summed E-state index contributed by atoms with van der Waals surface area (Å²) in [7, 11) is 0. The average molecular weight is 132 g/mol. The molecule has 1 aliphatic carbocycles. The number of hydrogen-bond donors (Lipinski definition) is 2. The summed E-state index contributed by atoms with van der Waals surface area (Å²) in [6, 6.07) is 0. The molecule has 0 spiro atoms. The number of hydrogen-bond acceptors (Lipinski definition) is 3. The van der Waals surface area contributed by atoms with Crippen LogP contribution < -0.4 is 0 Å². The second-order valence-electron chi connectivity index (χ2n) is 2.50. The Morgan fingerprint density at radius 3 is 2.33 bits per heavy atom. The van der Waals surface area contributed by atoms with Gasteiger partial charge in [-0.05, 0) is 12.8 Å². The van der Waals surface area contributed by atoms with Gasteiger partial charge in [-0.25, -0.2) is 4.89 Å². The zero-order valence-corrected chi connectivity index (χ0v) is 5.29. The SMILES string of the molecule is OO[C@H]1CCCC[C@@H]1O. The van der Waals surface area contributed by atoms with Gasteiger partial charge in [-0.1, -0.05) is 12.8 Å². The van der Waals surface area contributed by atoms with Crippen LogP contribution in [0.1, 0.15) is 25.7 Å². The van der Waals surface area contributed by atoms with Gasteiger partial charge in [-0.15, -0.1) is 0 Å². The highest BCUT2D eigenvalue weighted by Gasteiger charge is 2.23. The van der Waals surface area contributed by atoms with E-state index in [1.807, 2.05) is 0 Å². The van der Waals surface area contributed by atoms with Crippen molar-refractivity contribution in [1.29, 1.82) is 0 Å². The molecule has 0 bridgehead atoms. The Kier molecular flexibility index (Phi) is 2.45. The molecule has 1 aliphatic rings. The van der Waals surface area contributed by atoms with E-state index in [-0.39, 0.29) is 6.10 Å². The zero-order chi connectivity index (χ0) is 6.69. The lowest BCUT2D eigenvalue weighted by Gasteiger charge is -2.23. The minimum atomic E-state index is -0.455. The number of aliphatic hydroxyl groups excluding tert-OH is 1. The van der Waals surface area contributed by atoms with Gasteiger partial charge in [0, 0.05) is 0 Å². The highest BCUT2D eigenvalue weighted by molar-refractivity contribution is 4.73. The van der Waals surface area contributed by atoms with Crippen molar-refractivity contribution in [3.8, 4) is 0 Å². The molecule has 0 saturated heterocycles. The van der Waals surface area contributed by atoms with Crippen LogP contribution in [0.5, 0.6) is 0 Å². The van der Waals surface area contributed by atoms with Crippen LogP contribution >= 0.6 is 0 Å². The second kappa shape index (κ2) is 3.15. The van der Waals surface area contributed by atoms with Gasteiger partial charge in [0.05, 0.1) is 6.10 Å². The second-order valence-corrected chi connectivity index (χ2v) is 2.50. The Hall–Kier alpha value is -0.120. The van der Waals surface area contributed by atoms with E-state index in [0.717, 1.165) is 25.7 Å². The van der Waals surface area contributed by atoms with Crippen LogP contribution in [0, 0.1) is 0 Å². The average Bonchev–Trinajstić information content (AvgIpc) is 1.89. The quantitative estimate of drug-likeness (QED) is 0.409. The third-order valence-electron chi connectivity index (χ3n) is 1.80. The molecule has 0 amide bonds. The highest BCUT2D eigenvalue weighted by Crippen LogP contribution is 2.19. The predicted octanol–water partition coefficient (Wildman–Crippen LogP) is 0.780. The van der Waals surface area contributed by atoms with Gasteiger partial charge in [-0.3, -0.25) is 5.26 Å². The standard InChI is InChI=1S/C6H12O3/c7-5-3-1-2-4-6(5)9-8/h5-8H,1-4H2/t5-,6-/m0/s1. The Morgan fingerprint density at radius 2 is 1.89 bits per heavy atom. The molecule has 0 aromatic rings. The topological polar surface area (TPSA) is 49.7 Å². The smallest absolute Gasteiger partial charge is 0.118 e. The van der Waals surface area contributed by atoms with E-state index in [2.05, 4.69) is 4.89 Å². The van der Waals surface area contributed by atoms with Gasteiger partial charge >= 0.3 is 0 Å². The molecule has 9 heavy (non-hydrogen) atoms. The first-order valence-electron chi connectivity index (χ1n) is 3.33. The molecule has 1 rings (SSSR count). The summed E-state index contributed by atoms with van der Waals surface area (Å²) in [5.41, 5.74) is 0. The van der Waals surface area contributed by atoms with Crippen LogP contribution in [-0.4, -0.2) is 22.6 Å². The van der Waals surface area contributed by atoms with Crippen molar-refractivity contribution in [2.75, 3.05) is 0 Å². The number of rotatable bonds is 1. The van der Waals surface area contributed by atoms with Gasteiger partial charge in [0.15, 0.2) is 0 Å². The first-order valence-corrected chi connectivity index (χ1v) is 3.33. The van der Waals surface area contributed by atoms with Gasteiger partial charge in [-0.2, -0.15) is 0 Å². The van der Waals surface area contributed by atoms with Crippen molar-refractivity contribution in [3.63, 3.8) is 0 Å². The molecule has 2 N–H and O–H groups in total. The lowest BCUT2D eigenvalue weighted by Crippen LogP contribution is -2.31. The molecule has 2 atom stereocenters. The Balaban J connectivity index is 2.30. The molecule has 0 radical (unpaired) electrons. The van der Waals surface area contributed by atoms with Crippen molar-refractivity contribution in [2.45, 2.75) is 37.9 Å². The molecule has 0 aromatic carbocycles. The highest BCUT2D eigenvalue weighted by atomic mass is 17.1. The zero-order valence-electron chi connectivity index (χ0n) is 5.29. The molecular formula is C6H12O3. The van der Waals surface area contributed by atoms with Crippen LogP contribution in [0.15, 0.2) is 0 Å². The molecule has 54 valence electrons. The Bertz CT molecular complexity index is 84.4. The summed E-state index contributed by atoms with van der Waals surface area (Å²) >= 11 is 0. The molecule has 1 fully saturated rings. The summed E-state index contributed by atoms with van der Waals surface area (Å²) in [5.74, 6) is 0. The van der Waals surface area contributed by atoms with Crippen LogP contribution in [-0.2, 0) is 4.89 Å². The molecule has 0 aliphatic heterocycles. The lowest BCUT2D eigenvalue weighted by atomic mass is 9.95. The van der Waals surface area contributed by atoms with E-state index in [9.17, 15) is 0 Å². The molecule has 1 saturated carbocycles. The minimum absolute atomic E-state index is 0.334. The Labute approximate surface area is 54.2 Å². The van der Waals surface area contributed by atoms with Crippen molar-refractivity contribution >= 4 is 0 Å². The van der Waals surface area contributed by atoms with Crippen LogP contribution in [0.4, 0.5) is 0 Å². The lowest BCUT2D eigenvalue weighted by molar-refractivity contribution is -0.301. The molecule has 3 heteroatoms. The maximum Gasteiger partial charge on any atom is 0.118 e. The van der Waals surface area contributed by atoms with Crippen LogP contribution in [0.3, 0.4) is 0 Å². The minimum Gasteiger partial charge on any atom is -0.390 e. The van der Waals surface area contributed by atoms with E-state index in [4.69, 9.17) is 10.4 Å². The summed E-state index contributed by atoms with van der Waals surface area (Å²) < 4.78 is 0. The van der Waals surface area contributed by atoms with Crippen LogP contribution in [0.25, 0.3) is 0 Å². The van der Waals surface area contributed by atoms with E-state index in [0.29, 0.717) is 0 Å². The molecule has 0 unspecified atom stereocenters. The monoisotopic (exact) mass is 132 g/mol. The third-order valence-corrected chi connectivity index (χ3v) is 1.80. The van der Waals surface area contributed by atoms with Crippen molar-refractivity contribution in [1.82, 2.24) is 0 Å². The predicted molar refractivity (Wildman–Crippen MR) is 32.0 cm³/mol. The largest absolute Gasteiger partial charge is 0.390 e. The van der Waals surface area contributed by atoms with E-state index in [1.165, 1.54) is 0 Å². The van der Waals surface area contributed by atoms with Crippen molar-refractivity contribution in [3.05, 3.63) is 0 Å². The summed E-state index contributed by atoms with van der Waals surface area (Å²) in [4.78, 5) is 4.05. The normalized spacial score (nSPS) is 36.7. The maximum atomic E-state index is 9.08. The van der Waals surface area contributed by atoms with E-state index >= 15 is 0 Å². The first-order chi connectivity index (χ1) is 4.34. The van der Waals surface area contributed by atoms with Crippen molar-refractivity contribution < 1.29 is 15.3 Å². The van der Waals surface area contributed by atoms with Crippen molar-refractivity contribution in [2.24, 2.45) is 0 Å². The molecule has 0 aromatic heterocycles. The van der Waals surface area contributed by atoms with Crippen LogP contribution in [0.2, 0.25) is 0 Å². The number of aliphatic hydroxyl groups is 1. The molecular weight excluding hydrogens is 120 g/mol. The fourth-order valence-corrected chi connectivity index (χ4v) is 1.20. The summed E-state index contributed by atoms with van der Waals surface area (Å²) in [5, 5.41) is 17.3. The van der Waals surface area contributed by atoms with Gasteiger partial charge in [0.1, 0.15) is 6.10 Å². The van der Waals surface area contributed by atoms with E-state index in [1.54, 1.807) is 0 Å². The molecule has 0 heterocycles. The fourth-order valence-electron chi connectivity index (χ4n) is 1.20. The fraction of sp³-hybridized carbons (Fsp3) is 1.00. The summed E-state index contributed by atoms with van der Waals surface area (Å²) in [6.45, 7) is 0. The van der Waals surface area contributed by atoms with Gasteiger partial charge in [0.2, 0.25) is 0 Å². The van der Waals surface area contributed by atoms with Gasteiger partial charge < -0.3 is 5.11 Å². The first kappa shape index (κ1) is 6.99. The summed E-state index contributed by atoms with van der Waals surface area (Å²) in [6.07, 6.45) is 2.83.